The van der Waals surface area contributed by atoms with E-state index >= 15 is 0 Å². The molecule has 2 bridgehead atoms. The lowest BCUT2D eigenvalue weighted by Crippen LogP contribution is -2.55. The maximum absolute atomic E-state index is 13.8. The van der Waals surface area contributed by atoms with Gasteiger partial charge in [-0.15, -0.1) is 5.10 Å². The minimum absolute atomic E-state index is 0.00343. The fraction of sp³-hybridized carbons (Fsp3) is 0.640. The summed E-state index contributed by atoms with van der Waals surface area (Å²) in [6.07, 6.45) is 2.97. The fourth-order valence-corrected chi connectivity index (χ4v) is 6.40. The van der Waals surface area contributed by atoms with Crippen LogP contribution in [0.25, 0.3) is 11.0 Å². The number of unbranched alkanes of at least 4 members (excludes halogenated alkanes) is 1. The molecule has 3 N–H and O–H groups in total. The van der Waals surface area contributed by atoms with Gasteiger partial charge in [-0.1, -0.05) is 24.3 Å². The molecule has 1 aromatic heterocycles. The van der Waals surface area contributed by atoms with Crippen molar-refractivity contribution in [3.63, 3.8) is 0 Å². The number of carbonyl (C=O) groups is 3. The van der Waals surface area contributed by atoms with Gasteiger partial charge >= 0.3 is 0 Å². The van der Waals surface area contributed by atoms with Crippen LogP contribution < -0.4 is 10.6 Å². The van der Waals surface area contributed by atoms with E-state index < -0.39 is 29.1 Å². The third-order valence-corrected chi connectivity index (χ3v) is 7.99. The van der Waals surface area contributed by atoms with Crippen molar-refractivity contribution in [3.05, 3.63) is 24.3 Å². The Labute approximate surface area is 209 Å². The molecular weight excluding hydrogens is 464 g/mol. The van der Waals surface area contributed by atoms with Crippen molar-refractivity contribution in [3.8, 4) is 0 Å². The second-order valence-corrected chi connectivity index (χ2v) is 10.3. The van der Waals surface area contributed by atoms with E-state index in [-0.39, 0.29) is 31.0 Å². The largest absolute Gasteiger partial charge is 0.396 e. The number of fused-ring (bicyclic) bond motifs is 2. The summed E-state index contributed by atoms with van der Waals surface area (Å²) < 4.78 is 8.17. The zero-order valence-electron chi connectivity index (χ0n) is 20.8. The highest BCUT2D eigenvalue weighted by molar-refractivity contribution is 5.99. The summed E-state index contributed by atoms with van der Waals surface area (Å²) in [5.41, 5.74) is -0.350. The summed E-state index contributed by atoms with van der Waals surface area (Å²) in [4.78, 5) is 42.4. The maximum atomic E-state index is 13.8. The number of para-hydroxylation sites is 1. The second-order valence-electron chi connectivity index (χ2n) is 10.3. The lowest BCUT2D eigenvalue weighted by molar-refractivity contribution is -0.146. The van der Waals surface area contributed by atoms with Crippen LogP contribution >= 0.6 is 0 Å². The number of aliphatic hydroxyl groups is 1. The van der Waals surface area contributed by atoms with Crippen molar-refractivity contribution in [1.82, 2.24) is 30.5 Å². The normalized spacial score (nSPS) is 30.7. The van der Waals surface area contributed by atoms with Gasteiger partial charge in [-0.3, -0.25) is 14.4 Å². The minimum Gasteiger partial charge on any atom is -0.396 e. The lowest BCUT2D eigenvalue weighted by Gasteiger charge is -2.33. The monoisotopic (exact) mass is 498 g/mol. The second kappa shape index (κ2) is 9.44. The number of nitrogens with zero attached hydrogens (tertiary/aromatic N) is 4. The number of nitrogens with one attached hydrogen (secondary N) is 2. The lowest BCUT2D eigenvalue weighted by atomic mass is 9.66. The first kappa shape index (κ1) is 24.6. The molecule has 0 aliphatic carbocycles. The van der Waals surface area contributed by atoms with Gasteiger partial charge in [-0.25, -0.2) is 4.68 Å². The Hall–Kier alpha value is -3.05. The Kier molecular flexibility index (Phi) is 6.46. The smallest absolute Gasteiger partial charge is 0.247 e. The third kappa shape index (κ3) is 3.76. The van der Waals surface area contributed by atoms with Gasteiger partial charge in [0.2, 0.25) is 17.7 Å². The van der Waals surface area contributed by atoms with Crippen molar-refractivity contribution in [2.24, 2.45) is 11.8 Å². The number of amides is 3. The quantitative estimate of drug-likeness (QED) is 0.407. The van der Waals surface area contributed by atoms with Crippen LogP contribution in [-0.4, -0.2) is 79.7 Å². The van der Waals surface area contributed by atoms with Crippen LogP contribution in [0.2, 0.25) is 0 Å². The molecule has 0 radical (unpaired) electrons. The number of carbonyl (C=O) groups excluding carboxylic acids is 3. The fourth-order valence-electron chi connectivity index (χ4n) is 6.40. The first-order chi connectivity index (χ1) is 17.4. The number of aromatic nitrogens is 3. The van der Waals surface area contributed by atoms with Gasteiger partial charge in [-0.2, -0.15) is 0 Å². The highest BCUT2D eigenvalue weighted by atomic mass is 16.5. The Balaban J connectivity index is 1.43. The van der Waals surface area contributed by atoms with E-state index in [4.69, 9.17) is 4.74 Å². The Morgan fingerprint density at radius 2 is 2.00 bits per heavy atom. The molecule has 194 valence electrons. The Bertz CT molecular complexity index is 1170. The topological polar surface area (TPSA) is 139 Å². The molecule has 11 heteroatoms. The molecule has 3 amide bonds. The summed E-state index contributed by atoms with van der Waals surface area (Å²) >= 11 is 0. The molecule has 3 saturated heterocycles. The number of likely N-dealkylation sites (tertiary alicyclic amines) is 1. The molecule has 36 heavy (non-hydrogen) atoms. The summed E-state index contributed by atoms with van der Waals surface area (Å²) in [5.74, 6) is -2.12. The molecule has 4 heterocycles. The predicted molar refractivity (Wildman–Crippen MR) is 129 cm³/mol. The summed E-state index contributed by atoms with van der Waals surface area (Å²) in [5, 5.41) is 23.4. The van der Waals surface area contributed by atoms with Crippen LogP contribution in [-0.2, 0) is 25.8 Å². The molecular formula is C25H34N6O5. The number of hydrogen-bond acceptors (Lipinski definition) is 7. The first-order valence-electron chi connectivity index (χ1n) is 12.8. The van der Waals surface area contributed by atoms with Crippen molar-refractivity contribution in [1.29, 1.82) is 0 Å². The highest BCUT2D eigenvalue weighted by Crippen LogP contribution is 2.63. The SMILES string of the molecule is CCCNC(=O)[C@H]1[C@H]2C(=O)N(CCCCO)C(C(=O)NCn3nnc4ccccc43)C23CC[C@]1(C)O3. The van der Waals surface area contributed by atoms with E-state index in [0.717, 1.165) is 17.5 Å². The van der Waals surface area contributed by atoms with Crippen LogP contribution in [0.5, 0.6) is 0 Å². The summed E-state index contributed by atoms with van der Waals surface area (Å²) in [7, 11) is 0. The van der Waals surface area contributed by atoms with Crippen LogP contribution in [0.3, 0.4) is 0 Å². The van der Waals surface area contributed by atoms with E-state index in [9.17, 15) is 19.5 Å². The number of aliphatic hydroxyl groups excluding tert-OH is 1. The molecule has 0 saturated carbocycles. The van der Waals surface area contributed by atoms with Crippen molar-refractivity contribution in [2.75, 3.05) is 19.7 Å². The van der Waals surface area contributed by atoms with E-state index in [2.05, 4.69) is 20.9 Å². The molecule has 3 aliphatic heterocycles. The van der Waals surface area contributed by atoms with Crippen molar-refractivity contribution < 1.29 is 24.2 Å². The van der Waals surface area contributed by atoms with Crippen LogP contribution in [0, 0.1) is 11.8 Å². The average molecular weight is 499 g/mol. The molecule has 1 aromatic carbocycles. The maximum Gasteiger partial charge on any atom is 0.247 e. The summed E-state index contributed by atoms with van der Waals surface area (Å²) in [6, 6.07) is 6.60. The van der Waals surface area contributed by atoms with Crippen LogP contribution in [0.15, 0.2) is 24.3 Å². The predicted octanol–water partition coefficient (Wildman–Crippen LogP) is 0.568. The van der Waals surface area contributed by atoms with Gasteiger partial charge in [-0.05, 0) is 51.2 Å². The van der Waals surface area contributed by atoms with E-state index in [0.29, 0.717) is 38.8 Å². The average Bonchev–Trinajstić information content (AvgIpc) is 3.57. The Morgan fingerprint density at radius 3 is 2.78 bits per heavy atom. The number of ether oxygens (including phenoxy) is 1. The van der Waals surface area contributed by atoms with Gasteiger partial charge in [0.1, 0.15) is 23.8 Å². The van der Waals surface area contributed by atoms with E-state index in [1.807, 2.05) is 38.1 Å². The molecule has 11 nitrogen and oxygen atoms in total. The molecule has 1 spiro atoms. The molecule has 3 fully saturated rings. The van der Waals surface area contributed by atoms with Gasteiger partial charge in [0.15, 0.2) is 0 Å². The molecule has 5 atom stereocenters. The van der Waals surface area contributed by atoms with E-state index in [1.54, 1.807) is 9.58 Å². The molecule has 3 aliphatic rings. The van der Waals surface area contributed by atoms with Crippen molar-refractivity contribution >= 4 is 28.8 Å². The third-order valence-electron chi connectivity index (χ3n) is 7.99. The number of hydrogen-bond donors (Lipinski definition) is 3. The number of benzene rings is 1. The Morgan fingerprint density at radius 1 is 1.19 bits per heavy atom. The standard InChI is InChI=1S/C25H34N6O5/c1-3-12-26-21(33)18-19-23(35)30(13-6-7-14-32)20(25(19)11-10-24(18,2)36-25)22(34)27-15-31-17-9-5-4-8-16(17)28-29-31/h4-5,8-9,18-20,32H,3,6-7,10-15H2,1-2H3,(H,26,33)(H,27,34)/t18-,19+,20?,24+,25?/m1/s1. The molecule has 2 unspecified atom stereocenters. The zero-order valence-corrected chi connectivity index (χ0v) is 20.8. The zero-order chi connectivity index (χ0) is 25.5. The number of rotatable bonds is 10. The van der Waals surface area contributed by atoms with Crippen LogP contribution in [0.4, 0.5) is 0 Å². The highest BCUT2D eigenvalue weighted by Gasteiger charge is 2.77. The molecule has 2 aromatic rings. The van der Waals surface area contributed by atoms with Gasteiger partial charge in [0.05, 0.1) is 23.0 Å². The van der Waals surface area contributed by atoms with Crippen molar-refractivity contribution in [2.45, 2.75) is 69.9 Å². The van der Waals surface area contributed by atoms with Crippen LogP contribution in [0.1, 0.15) is 46.0 Å². The minimum atomic E-state index is -1.06. The molecule has 5 rings (SSSR count). The van der Waals surface area contributed by atoms with Gasteiger partial charge < -0.3 is 25.4 Å². The first-order valence-corrected chi connectivity index (χ1v) is 12.8. The summed E-state index contributed by atoms with van der Waals surface area (Å²) in [6.45, 7) is 4.79. The van der Waals surface area contributed by atoms with Gasteiger partial charge in [0.25, 0.3) is 0 Å². The van der Waals surface area contributed by atoms with E-state index in [1.165, 1.54) is 0 Å². The van der Waals surface area contributed by atoms with Gasteiger partial charge in [0, 0.05) is 19.7 Å².